The summed E-state index contributed by atoms with van der Waals surface area (Å²) in [5.41, 5.74) is 9.11. The van der Waals surface area contributed by atoms with Crippen molar-refractivity contribution in [3.63, 3.8) is 0 Å². The van der Waals surface area contributed by atoms with Gasteiger partial charge < -0.3 is 10.5 Å². The highest BCUT2D eigenvalue weighted by molar-refractivity contribution is 5.58. The molecular weight excluding hydrogens is 246 g/mol. The van der Waals surface area contributed by atoms with Crippen LogP contribution in [0.5, 0.6) is 5.75 Å². The van der Waals surface area contributed by atoms with E-state index in [4.69, 9.17) is 10.5 Å². The molecule has 2 nitrogen and oxygen atoms in total. The summed E-state index contributed by atoms with van der Waals surface area (Å²) in [6.45, 7) is 7.16. The van der Waals surface area contributed by atoms with Crippen LogP contribution in [0.3, 0.4) is 0 Å². The van der Waals surface area contributed by atoms with Crippen LogP contribution in [-0.2, 0) is 0 Å². The van der Waals surface area contributed by atoms with E-state index in [2.05, 4.69) is 26.8 Å². The van der Waals surface area contributed by atoms with Gasteiger partial charge in [-0.1, -0.05) is 57.9 Å². The highest BCUT2D eigenvalue weighted by Gasteiger charge is 2.05. The average molecular weight is 277 g/mol. The molecule has 0 aromatic heterocycles. The third-order valence-corrected chi connectivity index (χ3v) is 3.69. The Morgan fingerprint density at radius 3 is 2.10 bits per heavy atom. The number of nitrogen functional groups attached to an aromatic ring is 1. The minimum atomic E-state index is 0.766. The summed E-state index contributed by atoms with van der Waals surface area (Å²) in [6, 6.07) is 4.11. The molecule has 0 fully saturated rings. The maximum Gasteiger partial charge on any atom is 0.145 e. The predicted octanol–water partition coefficient (Wildman–Crippen LogP) is 5.41. The predicted molar refractivity (Wildman–Crippen MR) is 88.4 cm³/mol. The van der Waals surface area contributed by atoms with Gasteiger partial charge in [-0.2, -0.15) is 0 Å². The fourth-order valence-corrected chi connectivity index (χ4v) is 2.59. The Balaban J connectivity index is 2.13. The van der Waals surface area contributed by atoms with Crippen molar-refractivity contribution < 1.29 is 4.74 Å². The van der Waals surface area contributed by atoms with E-state index < -0.39 is 0 Å². The summed E-state index contributed by atoms with van der Waals surface area (Å²) in [7, 11) is 0. The second-order valence-electron chi connectivity index (χ2n) is 5.82. The number of aryl methyl sites for hydroxylation is 2. The van der Waals surface area contributed by atoms with Gasteiger partial charge in [0, 0.05) is 0 Å². The number of unbranched alkanes of at least 4 members (excludes halogenated alkanes) is 7. The molecule has 20 heavy (non-hydrogen) atoms. The molecular formula is C18H31NO. The molecule has 2 N–H and O–H groups in total. The van der Waals surface area contributed by atoms with E-state index in [1.165, 1.54) is 50.5 Å². The average Bonchev–Trinajstić information content (AvgIpc) is 2.39. The molecule has 0 spiro atoms. The normalized spacial score (nSPS) is 10.8. The Bertz CT molecular complexity index is 364. The van der Waals surface area contributed by atoms with Gasteiger partial charge in [0.1, 0.15) is 5.75 Å². The van der Waals surface area contributed by atoms with Crippen molar-refractivity contribution in [2.45, 2.75) is 72.1 Å². The first kappa shape index (κ1) is 16.9. The van der Waals surface area contributed by atoms with Crippen LogP contribution >= 0.6 is 0 Å². The van der Waals surface area contributed by atoms with Gasteiger partial charge in [0.2, 0.25) is 0 Å². The molecule has 0 radical (unpaired) electrons. The zero-order valence-electron chi connectivity index (χ0n) is 13.5. The Kier molecular flexibility index (Phi) is 8.17. The van der Waals surface area contributed by atoms with Crippen LogP contribution in [0.2, 0.25) is 0 Å². The number of anilines is 1. The number of rotatable bonds is 10. The summed E-state index contributed by atoms with van der Waals surface area (Å²) in [5.74, 6) is 0.874. The smallest absolute Gasteiger partial charge is 0.145 e. The molecule has 0 saturated carbocycles. The van der Waals surface area contributed by atoms with Crippen LogP contribution in [0.25, 0.3) is 0 Å². The first-order chi connectivity index (χ1) is 9.65. The SMILES string of the molecule is CCCCCCCCCCOc1c(C)cc(C)cc1N. The van der Waals surface area contributed by atoms with E-state index in [1.807, 2.05) is 6.07 Å². The number of hydrogen-bond donors (Lipinski definition) is 1. The first-order valence-electron chi connectivity index (χ1n) is 8.14. The van der Waals surface area contributed by atoms with E-state index in [1.54, 1.807) is 0 Å². The van der Waals surface area contributed by atoms with Gasteiger partial charge in [-0.25, -0.2) is 0 Å². The Labute approximate surface area is 124 Å². The van der Waals surface area contributed by atoms with E-state index in [9.17, 15) is 0 Å². The standard InChI is InChI=1S/C18H31NO/c1-4-5-6-7-8-9-10-11-12-20-18-16(3)13-15(2)14-17(18)19/h13-14H,4-12,19H2,1-3H3. The van der Waals surface area contributed by atoms with Crippen molar-refractivity contribution in [2.24, 2.45) is 0 Å². The summed E-state index contributed by atoms with van der Waals surface area (Å²) in [5, 5.41) is 0. The van der Waals surface area contributed by atoms with Crippen molar-refractivity contribution >= 4 is 5.69 Å². The molecule has 0 aliphatic carbocycles. The van der Waals surface area contributed by atoms with Gasteiger partial charge in [-0.3, -0.25) is 0 Å². The molecule has 1 rings (SSSR count). The Hall–Kier alpha value is -1.18. The second-order valence-corrected chi connectivity index (χ2v) is 5.82. The van der Waals surface area contributed by atoms with Crippen LogP contribution in [0.15, 0.2) is 12.1 Å². The van der Waals surface area contributed by atoms with Crippen molar-refractivity contribution in [1.29, 1.82) is 0 Å². The highest BCUT2D eigenvalue weighted by Crippen LogP contribution is 2.27. The van der Waals surface area contributed by atoms with Gasteiger partial charge in [-0.15, -0.1) is 0 Å². The monoisotopic (exact) mass is 277 g/mol. The van der Waals surface area contributed by atoms with Crippen LogP contribution < -0.4 is 10.5 Å². The molecule has 0 aliphatic heterocycles. The third kappa shape index (κ3) is 6.31. The molecule has 2 heteroatoms. The Morgan fingerprint density at radius 1 is 0.900 bits per heavy atom. The summed E-state index contributed by atoms with van der Waals surface area (Å²) >= 11 is 0. The summed E-state index contributed by atoms with van der Waals surface area (Å²) in [4.78, 5) is 0. The molecule has 0 amide bonds. The zero-order chi connectivity index (χ0) is 14.8. The fraction of sp³-hybridized carbons (Fsp3) is 0.667. The lowest BCUT2D eigenvalue weighted by Crippen LogP contribution is -2.02. The van der Waals surface area contributed by atoms with E-state index in [0.29, 0.717) is 0 Å². The maximum absolute atomic E-state index is 6.01. The molecule has 0 heterocycles. The molecule has 0 saturated heterocycles. The van der Waals surface area contributed by atoms with Crippen molar-refractivity contribution in [2.75, 3.05) is 12.3 Å². The molecule has 0 atom stereocenters. The molecule has 0 aliphatic rings. The third-order valence-electron chi connectivity index (χ3n) is 3.69. The van der Waals surface area contributed by atoms with Crippen LogP contribution in [0, 0.1) is 13.8 Å². The lowest BCUT2D eigenvalue weighted by Gasteiger charge is -2.12. The van der Waals surface area contributed by atoms with Crippen molar-refractivity contribution in [3.05, 3.63) is 23.3 Å². The van der Waals surface area contributed by atoms with Crippen LogP contribution in [-0.4, -0.2) is 6.61 Å². The minimum absolute atomic E-state index is 0.766. The lowest BCUT2D eigenvalue weighted by atomic mass is 10.1. The largest absolute Gasteiger partial charge is 0.491 e. The highest BCUT2D eigenvalue weighted by atomic mass is 16.5. The van der Waals surface area contributed by atoms with Gasteiger partial charge in [0.15, 0.2) is 0 Å². The van der Waals surface area contributed by atoms with Crippen LogP contribution in [0.4, 0.5) is 5.69 Å². The van der Waals surface area contributed by atoms with Gasteiger partial charge in [0.25, 0.3) is 0 Å². The number of ether oxygens (including phenoxy) is 1. The quantitative estimate of drug-likeness (QED) is 0.458. The maximum atomic E-state index is 6.01. The number of hydrogen-bond acceptors (Lipinski definition) is 2. The van der Waals surface area contributed by atoms with Crippen molar-refractivity contribution in [1.82, 2.24) is 0 Å². The number of nitrogens with two attached hydrogens (primary N) is 1. The van der Waals surface area contributed by atoms with Gasteiger partial charge in [-0.05, 0) is 37.5 Å². The van der Waals surface area contributed by atoms with E-state index in [-0.39, 0.29) is 0 Å². The van der Waals surface area contributed by atoms with Gasteiger partial charge >= 0.3 is 0 Å². The molecule has 0 bridgehead atoms. The topological polar surface area (TPSA) is 35.2 Å². The fourth-order valence-electron chi connectivity index (χ4n) is 2.59. The zero-order valence-corrected chi connectivity index (χ0v) is 13.5. The van der Waals surface area contributed by atoms with E-state index >= 15 is 0 Å². The minimum Gasteiger partial charge on any atom is -0.491 e. The summed E-state index contributed by atoms with van der Waals surface area (Å²) < 4.78 is 5.84. The summed E-state index contributed by atoms with van der Waals surface area (Å²) in [6.07, 6.45) is 10.6. The molecule has 0 unspecified atom stereocenters. The Morgan fingerprint density at radius 2 is 1.50 bits per heavy atom. The molecule has 1 aromatic carbocycles. The second kappa shape index (κ2) is 9.68. The molecule has 1 aromatic rings. The molecule has 114 valence electrons. The van der Waals surface area contributed by atoms with Crippen molar-refractivity contribution in [3.8, 4) is 5.75 Å². The number of benzene rings is 1. The first-order valence-corrected chi connectivity index (χ1v) is 8.14. The van der Waals surface area contributed by atoms with E-state index in [0.717, 1.165) is 30.0 Å². The van der Waals surface area contributed by atoms with Crippen LogP contribution in [0.1, 0.15) is 69.4 Å². The lowest BCUT2D eigenvalue weighted by molar-refractivity contribution is 0.304. The van der Waals surface area contributed by atoms with Gasteiger partial charge in [0.05, 0.1) is 12.3 Å².